The number of benzene rings is 2. The van der Waals surface area contributed by atoms with Crippen LogP contribution in [0, 0.1) is 5.82 Å². The van der Waals surface area contributed by atoms with Crippen molar-refractivity contribution in [3.63, 3.8) is 0 Å². The number of phenolic OH excluding ortho intramolecular Hbond substituents is 1. The van der Waals surface area contributed by atoms with Gasteiger partial charge in [-0.2, -0.15) is 0 Å². The van der Waals surface area contributed by atoms with Crippen molar-refractivity contribution in [3.8, 4) is 17.0 Å². The van der Waals surface area contributed by atoms with Crippen molar-refractivity contribution >= 4 is 21.4 Å². The molecule has 0 fully saturated rings. The molecule has 0 unspecified atom stereocenters. The zero-order valence-electron chi connectivity index (χ0n) is 13.0. The lowest BCUT2D eigenvalue weighted by Crippen LogP contribution is -2.25. The number of rotatable bonds is 6. The number of hydrogen-bond acceptors (Lipinski definition) is 5. The molecule has 0 aliphatic rings. The Hall–Kier alpha value is -2.29. The van der Waals surface area contributed by atoms with Crippen LogP contribution in [-0.2, 0) is 16.4 Å². The van der Waals surface area contributed by atoms with E-state index < -0.39 is 15.8 Å². The van der Waals surface area contributed by atoms with Crippen LogP contribution < -0.4 is 4.72 Å². The summed E-state index contributed by atoms with van der Waals surface area (Å²) in [6.45, 7) is 0.197. The molecule has 0 spiro atoms. The predicted molar refractivity (Wildman–Crippen MR) is 94.5 cm³/mol. The molecule has 0 aliphatic carbocycles. The average molecular weight is 378 g/mol. The topological polar surface area (TPSA) is 79.3 Å². The lowest BCUT2D eigenvalue weighted by atomic mass is 10.2. The fourth-order valence-electron chi connectivity index (χ4n) is 2.18. The summed E-state index contributed by atoms with van der Waals surface area (Å²) in [5.41, 5.74) is 1.66. The first-order chi connectivity index (χ1) is 11.9. The Morgan fingerprint density at radius 1 is 1.08 bits per heavy atom. The smallest absolute Gasteiger partial charge is 0.240 e. The van der Waals surface area contributed by atoms with Crippen molar-refractivity contribution in [1.82, 2.24) is 9.71 Å². The maximum Gasteiger partial charge on any atom is 0.240 e. The fraction of sp³-hybridized carbons (Fsp3) is 0.118. The third-order valence-electron chi connectivity index (χ3n) is 3.47. The summed E-state index contributed by atoms with van der Waals surface area (Å²) in [7, 11) is -3.66. The molecule has 1 heterocycles. The first-order valence-corrected chi connectivity index (χ1v) is 9.79. The Balaban J connectivity index is 1.61. The van der Waals surface area contributed by atoms with E-state index in [-0.39, 0.29) is 17.2 Å². The van der Waals surface area contributed by atoms with Gasteiger partial charge in [-0.05, 0) is 48.5 Å². The van der Waals surface area contributed by atoms with E-state index >= 15 is 0 Å². The second-order valence-electron chi connectivity index (χ2n) is 5.28. The molecule has 1 aromatic heterocycles. The van der Waals surface area contributed by atoms with Crippen molar-refractivity contribution in [2.24, 2.45) is 0 Å². The molecule has 0 radical (unpaired) electrons. The Bertz CT molecular complexity index is 952. The monoisotopic (exact) mass is 378 g/mol. The first kappa shape index (κ1) is 17.5. The van der Waals surface area contributed by atoms with Crippen LogP contribution >= 0.6 is 11.3 Å². The van der Waals surface area contributed by atoms with Crippen molar-refractivity contribution in [2.45, 2.75) is 11.3 Å². The summed E-state index contributed by atoms with van der Waals surface area (Å²) in [5.74, 6) is -0.294. The molecule has 0 amide bonds. The Labute approximate surface area is 148 Å². The highest BCUT2D eigenvalue weighted by Crippen LogP contribution is 2.24. The van der Waals surface area contributed by atoms with E-state index in [1.54, 1.807) is 24.3 Å². The van der Waals surface area contributed by atoms with Gasteiger partial charge >= 0.3 is 0 Å². The SMILES string of the molecule is O=S(=O)(NCCc1nc(-c2ccc(O)cc2)cs1)c1ccc(F)cc1. The van der Waals surface area contributed by atoms with Crippen LogP contribution in [0.3, 0.4) is 0 Å². The molecule has 0 saturated carbocycles. The molecule has 130 valence electrons. The van der Waals surface area contributed by atoms with E-state index in [1.165, 1.54) is 23.5 Å². The van der Waals surface area contributed by atoms with Crippen LogP contribution in [0.15, 0.2) is 58.8 Å². The maximum atomic E-state index is 12.9. The van der Waals surface area contributed by atoms with Crippen LogP contribution in [0.25, 0.3) is 11.3 Å². The number of hydrogen-bond donors (Lipinski definition) is 2. The summed E-state index contributed by atoms with van der Waals surface area (Å²) in [6, 6.07) is 11.4. The number of halogens is 1. The van der Waals surface area contributed by atoms with Gasteiger partial charge < -0.3 is 5.11 Å². The minimum absolute atomic E-state index is 0.0258. The number of sulfonamides is 1. The molecule has 0 bridgehead atoms. The maximum absolute atomic E-state index is 12.9. The summed E-state index contributed by atoms with van der Waals surface area (Å²) >= 11 is 1.44. The number of aromatic hydroxyl groups is 1. The van der Waals surface area contributed by atoms with Crippen LogP contribution in [0.1, 0.15) is 5.01 Å². The third kappa shape index (κ3) is 4.41. The molecule has 0 saturated heterocycles. The normalized spacial score (nSPS) is 11.6. The number of aromatic nitrogens is 1. The van der Waals surface area contributed by atoms with Gasteiger partial charge in [0.05, 0.1) is 15.6 Å². The fourth-order valence-corrected chi connectivity index (χ4v) is 4.02. The molecule has 3 rings (SSSR count). The molecule has 5 nitrogen and oxygen atoms in total. The first-order valence-electron chi connectivity index (χ1n) is 7.43. The summed E-state index contributed by atoms with van der Waals surface area (Å²) in [5, 5.41) is 12.0. The lowest BCUT2D eigenvalue weighted by Gasteiger charge is -2.05. The minimum Gasteiger partial charge on any atom is -0.508 e. The predicted octanol–water partition coefficient (Wildman–Crippen LogP) is 3.18. The second kappa shape index (κ2) is 7.30. The van der Waals surface area contributed by atoms with Crippen molar-refractivity contribution < 1.29 is 17.9 Å². The van der Waals surface area contributed by atoms with E-state index in [0.29, 0.717) is 6.42 Å². The minimum atomic E-state index is -3.66. The van der Waals surface area contributed by atoms with E-state index in [9.17, 15) is 17.9 Å². The highest BCUT2D eigenvalue weighted by Gasteiger charge is 2.14. The number of nitrogens with zero attached hydrogens (tertiary/aromatic N) is 1. The van der Waals surface area contributed by atoms with Crippen LogP contribution in [0.4, 0.5) is 4.39 Å². The van der Waals surface area contributed by atoms with Crippen molar-refractivity contribution in [1.29, 1.82) is 0 Å². The van der Waals surface area contributed by atoms with Crippen LogP contribution in [0.2, 0.25) is 0 Å². The molecule has 2 N–H and O–H groups in total. The van der Waals surface area contributed by atoms with Gasteiger partial charge in [-0.15, -0.1) is 11.3 Å². The van der Waals surface area contributed by atoms with E-state index in [4.69, 9.17) is 0 Å². The highest BCUT2D eigenvalue weighted by molar-refractivity contribution is 7.89. The number of nitrogens with one attached hydrogen (secondary N) is 1. The van der Waals surface area contributed by atoms with Gasteiger partial charge in [-0.1, -0.05) is 0 Å². The second-order valence-corrected chi connectivity index (χ2v) is 7.98. The zero-order valence-corrected chi connectivity index (χ0v) is 14.6. The van der Waals surface area contributed by atoms with Gasteiger partial charge in [0.25, 0.3) is 0 Å². The Kier molecular flexibility index (Phi) is 5.12. The summed E-state index contributed by atoms with van der Waals surface area (Å²) in [6.07, 6.45) is 0.448. The third-order valence-corrected chi connectivity index (χ3v) is 5.86. The Morgan fingerprint density at radius 2 is 1.76 bits per heavy atom. The molecule has 3 aromatic rings. The molecule has 8 heteroatoms. The van der Waals surface area contributed by atoms with Gasteiger partial charge in [0.15, 0.2) is 0 Å². The molecule has 25 heavy (non-hydrogen) atoms. The van der Waals surface area contributed by atoms with E-state index in [0.717, 1.165) is 28.4 Å². The highest BCUT2D eigenvalue weighted by atomic mass is 32.2. The van der Waals surface area contributed by atoms with E-state index in [1.807, 2.05) is 5.38 Å². The van der Waals surface area contributed by atoms with Gasteiger partial charge in [0, 0.05) is 23.9 Å². The molecule has 2 aromatic carbocycles. The van der Waals surface area contributed by atoms with Gasteiger partial charge in [0.2, 0.25) is 10.0 Å². The van der Waals surface area contributed by atoms with Crippen molar-refractivity contribution in [2.75, 3.05) is 6.54 Å². The van der Waals surface area contributed by atoms with Gasteiger partial charge in [-0.3, -0.25) is 0 Å². The lowest BCUT2D eigenvalue weighted by molar-refractivity contribution is 0.475. The van der Waals surface area contributed by atoms with Crippen LogP contribution in [0.5, 0.6) is 5.75 Å². The molecule has 0 aliphatic heterocycles. The quantitative estimate of drug-likeness (QED) is 0.690. The number of thiazole rings is 1. The molecular weight excluding hydrogens is 363 g/mol. The van der Waals surface area contributed by atoms with Gasteiger partial charge in [-0.25, -0.2) is 22.5 Å². The largest absolute Gasteiger partial charge is 0.508 e. The Morgan fingerprint density at radius 3 is 2.44 bits per heavy atom. The van der Waals surface area contributed by atoms with E-state index in [2.05, 4.69) is 9.71 Å². The standard InChI is InChI=1S/C17H15FN2O3S2/c18-13-3-7-15(8-4-13)25(22,23)19-10-9-17-20-16(11-24-17)12-1-5-14(21)6-2-12/h1-8,11,19,21H,9-10H2. The zero-order chi connectivity index (χ0) is 17.9. The van der Waals surface area contributed by atoms with Crippen molar-refractivity contribution in [3.05, 3.63) is 64.7 Å². The molecule has 0 atom stereocenters. The molecular formula is C17H15FN2O3S2. The van der Waals surface area contributed by atoms with Crippen LogP contribution in [-0.4, -0.2) is 25.1 Å². The van der Waals surface area contributed by atoms with Gasteiger partial charge in [0.1, 0.15) is 11.6 Å². The number of phenols is 1. The summed E-state index contributed by atoms with van der Waals surface area (Å²) in [4.78, 5) is 4.49. The average Bonchev–Trinajstić information content (AvgIpc) is 3.04. The summed E-state index contributed by atoms with van der Waals surface area (Å²) < 4.78 is 39.6.